The number of ether oxygens (including phenoxy) is 1. The Morgan fingerprint density at radius 2 is 2.16 bits per heavy atom. The van der Waals surface area contributed by atoms with Gasteiger partial charge in [0.2, 0.25) is 0 Å². The summed E-state index contributed by atoms with van der Waals surface area (Å²) >= 11 is 0. The van der Waals surface area contributed by atoms with Gasteiger partial charge in [0.1, 0.15) is 5.82 Å². The Labute approximate surface area is 110 Å². The summed E-state index contributed by atoms with van der Waals surface area (Å²) < 4.78 is 19.9. The van der Waals surface area contributed by atoms with Crippen LogP contribution in [0.3, 0.4) is 0 Å². The molecule has 1 aromatic heterocycles. The standard InChI is InChI=1S/C14H15FN2O2/c1-4-13-12(8-17(2)16-13)9-5-10(14(18)19-3)7-11(15)6-9/h5-8H,4H2,1-3H3. The molecule has 2 aromatic rings. The van der Waals surface area contributed by atoms with Crippen LogP contribution < -0.4 is 0 Å². The Hall–Kier alpha value is -2.17. The number of halogens is 1. The van der Waals surface area contributed by atoms with E-state index in [-0.39, 0.29) is 5.56 Å². The lowest BCUT2D eigenvalue weighted by Gasteiger charge is -2.04. The van der Waals surface area contributed by atoms with Crippen molar-refractivity contribution in [2.45, 2.75) is 13.3 Å². The molecule has 0 spiro atoms. The van der Waals surface area contributed by atoms with Gasteiger partial charge in [-0.3, -0.25) is 4.68 Å². The molecule has 0 saturated carbocycles. The van der Waals surface area contributed by atoms with E-state index >= 15 is 0 Å². The molecule has 2 rings (SSSR count). The Bertz CT molecular complexity index is 620. The van der Waals surface area contributed by atoms with Gasteiger partial charge in [-0.05, 0) is 30.2 Å². The van der Waals surface area contributed by atoms with Crippen LogP contribution in [0.2, 0.25) is 0 Å². The maximum absolute atomic E-state index is 13.6. The zero-order valence-corrected chi connectivity index (χ0v) is 11.1. The summed E-state index contributed by atoms with van der Waals surface area (Å²) in [6, 6.07) is 4.17. The highest BCUT2D eigenvalue weighted by Gasteiger charge is 2.13. The van der Waals surface area contributed by atoms with Crippen LogP contribution in [0.4, 0.5) is 4.39 Å². The predicted molar refractivity (Wildman–Crippen MR) is 69.3 cm³/mol. The molecule has 0 aliphatic carbocycles. The maximum atomic E-state index is 13.6. The van der Waals surface area contributed by atoms with Crippen LogP contribution in [0.25, 0.3) is 11.1 Å². The third-order valence-electron chi connectivity index (χ3n) is 2.87. The Kier molecular flexibility index (Phi) is 3.64. The first-order valence-corrected chi connectivity index (χ1v) is 5.97. The van der Waals surface area contributed by atoms with Crippen LogP contribution in [0.15, 0.2) is 24.4 Å². The SMILES string of the molecule is CCc1nn(C)cc1-c1cc(F)cc(C(=O)OC)c1. The second-order valence-electron chi connectivity index (χ2n) is 4.24. The number of carbonyl (C=O) groups excluding carboxylic acids is 1. The molecule has 1 heterocycles. The largest absolute Gasteiger partial charge is 0.465 e. The summed E-state index contributed by atoms with van der Waals surface area (Å²) in [4.78, 5) is 11.5. The summed E-state index contributed by atoms with van der Waals surface area (Å²) in [7, 11) is 3.08. The molecule has 0 bridgehead atoms. The minimum Gasteiger partial charge on any atom is -0.465 e. The third kappa shape index (κ3) is 2.65. The molecular weight excluding hydrogens is 247 g/mol. The second kappa shape index (κ2) is 5.22. The van der Waals surface area contributed by atoms with Gasteiger partial charge in [0.05, 0.1) is 18.4 Å². The molecule has 0 unspecified atom stereocenters. The molecule has 0 N–H and O–H groups in total. The Morgan fingerprint density at radius 3 is 2.79 bits per heavy atom. The molecule has 0 saturated heterocycles. The van der Waals surface area contributed by atoms with Crippen molar-refractivity contribution >= 4 is 5.97 Å². The lowest BCUT2D eigenvalue weighted by molar-refractivity contribution is 0.0600. The van der Waals surface area contributed by atoms with Gasteiger partial charge < -0.3 is 4.74 Å². The number of aryl methyl sites for hydroxylation is 2. The summed E-state index contributed by atoms with van der Waals surface area (Å²) in [5, 5.41) is 4.31. The Morgan fingerprint density at radius 1 is 1.42 bits per heavy atom. The molecule has 1 aromatic carbocycles. The number of benzene rings is 1. The van der Waals surface area contributed by atoms with E-state index in [9.17, 15) is 9.18 Å². The zero-order valence-electron chi connectivity index (χ0n) is 11.1. The predicted octanol–water partition coefficient (Wildman–Crippen LogP) is 2.58. The first kappa shape index (κ1) is 13.3. The lowest BCUT2D eigenvalue weighted by atomic mass is 10.0. The van der Waals surface area contributed by atoms with Crippen molar-refractivity contribution in [1.82, 2.24) is 9.78 Å². The zero-order chi connectivity index (χ0) is 14.0. The smallest absolute Gasteiger partial charge is 0.337 e. The van der Waals surface area contributed by atoms with Gasteiger partial charge in [0.25, 0.3) is 0 Å². The van der Waals surface area contributed by atoms with Gasteiger partial charge in [-0.2, -0.15) is 5.10 Å². The van der Waals surface area contributed by atoms with Gasteiger partial charge in [-0.1, -0.05) is 6.92 Å². The second-order valence-corrected chi connectivity index (χ2v) is 4.24. The van der Waals surface area contributed by atoms with E-state index in [2.05, 4.69) is 9.84 Å². The number of nitrogens with zero attached hydrogens (tertiary/aromatic N) is 2. The van der Waals surface area contributed by atoms with Crippen molar-refractivity contribution in [3.63, 3.8) is 0 Å². The van der Waals surface area contributed by atoms with Crippen LogP contribution >= 0.6 is 0 Å². The van der Waals surface area contributed by atoms with E-state index < -0.39 is 11.8 Å². The monoisotopic (exact) mass is 262 g/mol. The molecule has 0 radical (unpaired) electrons. The normalized spacial score (nSPS) is 10.5. The van der Waals surface area contributed by atoms with E-state index in [4.69, 9.17) is 0 Å². The molecular formula is C14H15FN2O2. The fourth-order valence-corrected chi connectivity index (χ4v) is 2.02. The molecule has 5 heteroatoms. The fourth-order valence-electron chi connectivity index (χ4n) is 2.02. The lowest BCUT2D eigenvalue weighted by Crippen LogP contribution is -2.02. The number of hydrogen-bond acceptors (Lipinski definition) is 3. The number of esters is 1. The van der Waals surface area contributed by atoms with Crippen molar-refractivity contribution in [2.24, 2.45) is 7.05 Å². The number of rotatable bonds is 3. The molecule has 19 heavy (non-hydrogen) atoms. The van der Waals surface area contributed by atoms with E-state index in [0.717, 1.165) is 23.7 Å². The van der Waals surface area contributed by atoms with Gasteiger partial charge >= 0.3 is 5.97 Å². The summed E-state index contributed by atoms with van der Waals surface area (Å²) in [5.41, 5.74) is 2.52. The molecule has 100 valence electrons. The summed E-state index contributed by atoms with van der Waals surface area (Å²) in [5.74, 6) is -1.02. The van der Waals surface area contributed by atoms with Crippen LogP contribution in [0.5, 0.6) is 0 Å². The molecule has 4 nitrogen and oxygen atoms in total. The number of carbonyl (C=O) groups is 1. The Balaban J connectivity index is 2.55. The highest BCUT2D eigenvalue weighted by Crippen LogP contribution is 2.25. The minimum absolute atomic E-state index is 0.198. The average Bonchev–Trinajstić information content (AvgIpc) is 2.78. The quantitative estimate of drug-likeness (QED) is 0.798. The number of aromatic nitrogens is 2. The molecule has 0 fully saturated rings. The minimum atomic E-state index is -0.553. The highest BCUT2D eigenvalue weighted by molar-refractivity contribution is 5.91. The molecule has 0 amide bonds. The topological polar surface area (TPSA) is 44.1 Å². The van der Waals surface area contributed by atoms with Gasteiger partial charge in [0.15, 0.2) is 0 Å². The van der Waals surface area contributed by atoms with E-state index in [0.29, 0.717) is 5.56 Å². The van der Waals surface area contributed by atoms with Crippen LogP contribution in [0, 0.1) is 5.82 Å². The van der Waals surface area contributed by atoms with Crippen molar-refractivity contribution in [3.8, 4) is 11.1 Å². The van der Waals surface area contributed by atoms with Gasteiger partial charge in [-0.15, -0.1) is 0 Å². The molecule has 0 atom stereocenters. The first-order valence-electron chi connectivity index (χ1n) is 5.97. The van der Waals surface area contributed by atoms with E-state index in [1.807, 2.05) is 20.2 Å². The van der Waals surface area contributed by atoms with Crippen LogP contribution in [0.1, 0.15) is 23.0 Å². The third-order valence-corrected chi connectivity index (χ3v) is 2.87. The number of methoxy groups -OCH3 is 1. The van der Waals surface area contributed by atoms with Crippen LogP contribution in [-0.2, 0) is 18.2 Å². The highest BCUT2D eigenvalue weighted by atomic mass is 19.1. The number of hydrogen-bond donors (Lipinski definition) is 0. The van der Waals surface area contributed by atoms with Crippen molar-refractivity contribution in [2.75, 3.05) is 7.11 Å². The average molecular weight is 262 g/mol. The summed E-state index contributed by atoms with van der Waals surface area (Å²) in [6.45, 7) is 1.98. The fraction of sp³-hybridized carbons (Fsp3) is 0.286. The van der Waals surface area contributed by atoms with Crippen molar-refractivity contribution in [3.05, 3.63) is 41.5 Å². The van der Waals surface area contributed by atoms with Crippen molar-refractivity contribution < 1.29 is 13.9 Å². The molecule has 0 aliphatic rings. The summed E-state index contributed by atoms with van der Waals surface area (Å²) in [6.07, 6.45) is 2.55. The van der Waals surface area contributed by atoms with E-state index in [1.54, 1.807) is 10.7 Å². The molecule has 0 aliphatic heterocycles. The maximum Gasteiger partial charge on any atom is 0.337 e. The van der Waals surface area contributed by atoms with Crippen molar-refractivity contribution in [1.29, 1.82) is 0 Å². The van der Waals surface area contributed by atoms with Gasteiger partial charge in [0, 0.05) is 18.8 Å². The van der Waals surface area contributed by atoms with E-state index in [1.165, 1.54) is 13.2 Å². The van der Waals surface area contributed by atoms with Crippen LogP contribution in [-0.4, -0.2) is 22.9 Å². The first-order chi connectivity index (χ1) is 9.05. The van der Waals surface area contributed by atoms with Gasteiger partial charge in [-0.25, -0.2) is 9.18 Å².